The first-order chi connectivity index (χ1) is 15.1. The number of aromatic nitrogens is 2. The minimum atomic E-state index is -0.126. The fourth-order valence-corrected chi connectivity index (χ4v) is 5.43. The third-order valence-corrected chi connectivity index (χ3v) is 6.86. The van der Waals surface area contributed by atoms with E-state index in [0.717, 1.165) is 21.5 Å². The molecule has 2 aromatic heterocycles. The number of hydrogen-bond acceptors (Lipinski definition) is 4. The zero-order chi connectivity index (χ0) is 21.5. The van der Waals surface area contributed by atoms with Crippen LogP contribution in [-0.4, -0.2) is 8.97 Å². The van der Waals surface area contributed by atoms with Crippen LogP contribution in [0, 0.1) is 15.3 Å². The second-order valence-corrected chi connectivity index (χ2v) is 9.12. The van der Waals surface area contributed by atoms with Crippen LogP contribution in [0.5, 0.6) is 0 Å². The molecule has 0 fully saturated rings. The Hall–Kier alpha value is -3.24. The van der Waals surface area contributed by atoms with Crippen LogP contribution in [0.25, 0.3) is 27.0 Å². The number of benzene rings is 3. The highest BCUT2D eigenvalue weighted by Crippen LogP contribution is 2.34. The Balaban J connectivity index is 1.93. The van der Waals surface area contributed by atoms with Crippen LogP contribution >= 0.6 is 35.2 Å². The molecule has 0 aliphatic heterocycles. The Morgan fingerprint density at radius 2 is 1.81 bits per heavy atom. The van der Waals surface area contributed by atoms with E-state index in [1.807, 2.05) is 71.1 Å². The molecule has 7 heteroatoms. The fourth-order valence-electron chi connectivity index (χ4n) is 3.82. The first kappa shape index (κ1) is 19.7. The minimum Gasteiger partial charge on any atom is -0.288 e. The summed E-state index contributed by atoms with van der Waals surface area (Å²) in [7, 11) is 0. The van der Waals surface area contributed by atoms with Crippen molar-refractivity contribution in [2.75, 3.05) is 0 Å². The van der Waals surface area contributed by atoms with E-state index in [4.69, 9.17) is 23.8 Å². The molecule has 0 aliphatic carbocycles. The third kappa shape index (κ3) is 3.28. The number of thiazole rings is 1. The molecule has 5 aromatic rings. The molecule has 0 aliphatic rings. The molecule has 0 amide bonds. The predicted molar refractivity (Wildman–Crippen MR) is 129 cm³/mol. The SMILES string of the molecule is N#Cc1ccccc1Cn1c(=O)c2ccccc2n2c(=S)sc(-c3cccc(Cl)c3)c12. The lowest BCUT2D eigenvalue weighted by Crippen LogP contribution is -2.24. The van der Waals surface area contributed by atoms with Crippen molar-refractivity contribution in [3.05, 3.63) is 103 Å². The van der Waals surface area contributed by atoms with E-state index < -0.39 is 0 Å². The Morgan fingerprint density at radius 3 is 2.61 bits per heavy atom. The summed E-state index contributed by atoms with van der Waals surface area (Å²) in [5.74, 6) is 0. The molecule has 3 aromatic carbocycles. The molecule has 0 atom stereocenters. The topological polar surface area (TPSA) is 50.2 Å². The van der Waals surface area contributed by atoms with Crippen molar-refractivity contribution in [1.29, 1.82) is 5.26 Å². The van der Waals surface area contributed by atoms with Gasteiger partial charge in [0.15, 0.2) is 3.95 Å². The number of halogens is 1. The first-order valence-corrected chi connectivity index (χ1v) is 11.1. The second kappa shape index (κ2) is 7.78. The molecule has 0 N–H and O–H groups in total. The number of fused-ring (bicyclic) bond motifs is 3. The summed E-state index contributed by atoms with van der Waals surface area (Å²) in [5, 5.41) is 10.7. The van der Waals surface area contributed by atoms with Gasteiger partial charge in [-0.1, -0.05) is 54.1 Å². The molecule has 2 heterocycles. The molecule has 0 spiro atoms. The van der Waals surface area contributed by atoms with Gasteiger partial charge in [-0.05, 0) is 53.7 Å². The molecule has 150 valence electrons. The molecule has 0 saturated heterocycles. The van der Waals surface area contributed by atoms with E-state index in [1.54, 1.807) is 10.6 Å². The molecule has 5 rings (SSSR count). The fraction of sp³-hybridized carbons (Fsp3) is 0.0417. The number of para-hydroxylation sites is 1. The second-order valence-electron chi connectivity index (χ2n) is 7.04. The maximum absolute atomic E-state index is 13.6. The molecule has 31 heavy (non-hydrogen) atoms. The van der Waals surface area contributed by atoms with Gasteiger partial charge in [-0.25, -0.2) is 0 Å². The van der Waals surface area contributed by atoms with E-state index in [9.17, 15) is 10.1 Å². The van der Waals surface area contributed by atoms with Crippen molar-refractivity contribution in [1.82, 2.24) is 8.97 Å². The van der Waals surface area contributed by atoms with E-state index >= 15 is 0 Å². The van der Waals surface area contributed by atoms with Gasteiger partial charge < -0.3 is 0 Å². The van der Waals surface area contributed by atoms with Crippen LogP contribution in [0.15, 0.2) is 77.6 Å². The van der Waals surface area contributed by atoms with Gasteiger partial charge in [-0.2, -0.15) is 5.26 Å². The summed E-state index contributed by atoms with van der Waals surface area (Å²) in [5.41, 5.74) is 3.55. The van der Waals surface area contributed by atoms with Gasteiger partial charge >= 0.3 is 0 Å². The van der Waals surface area contributed by atoms with Gasteiger partial charge in [0.2, 0.25) is 0 Å². The lowest BCUT2D eigenvalue weighted by atomic mass is 10.1. The van der Waals surface area contributed by atoms with E-state index in [0.29, 0.717) is 25.6 Å². The summed E-state index contributed by atoms with van der Waals surface area (Å²) < 4.78 is 4.30. The largest absolute Gasteiger partial charge is 0.288 e. The van der Waals surface area contributed by atoms with Crippen LogP contribution < -0.4 is 5.56 Å². The molecule has 0 bridgehead atoms. The Morgan fingerprint density at radius 1 is 1.03 bits per heavy atom. The standard InChI is InChI=1S/C24H14ClN3OS2/c25-18-9-5-8-15(12-18)21-22-27(14-17-7-2-1-6-16(17)13-26)23(29)19-10-3-4-11-20(19)28(22)24(30)31-21/h1-12H,14H2. The molecule has 0 unspecified atom stereocenters. The maximum atomic E-state index is 13.6. The Kier molecular flexibility index (Phi) is 4.95. The van der Waals surface area contributed by atoms with Crippen molar-refractivity contribution in [3.8, 4) is 16.5 Å². The molecule has 0 radical (unpaired) electrons. The summed E-state index contributed by atoms with van der Waals surface area (Å²) >= 11 is 13.4. The number of nitriles is 1. The zero-order valence-corrected chi connectivity index (χ0v) is 18.5. The molecule has 4 nitrogen and oxygen atoms in total. The van der Waals surface area contributed by atoms with Crippen LogP contribution in [0.3, 0.4) is 0 Å². The van der Waals surface area contributed by atoms with E-state index in [2.05, 4.69) is 6.07 Å². The highest BCUT2D eigenvalue weighted by atomic mass is 35.5. The van der Waals surface area contributed by atoms with E-state index in [1.165, 1.54) is 11.3 Å². The average molecular weight is 460 g/mol. The number of nitrogens with zero attached hydrogens (tertiary/aromatic N) is 3. The maximum Gasteiger partial charge on any atom is 0.261 e. The lowest BCUT2D eigenvalue weighted by molar-refractivity contribution is 0.779. The molecular weight excluding hydrogens is 446 g/mol. The quantitative estimate of drug-likeness (QED) is 0.298. The summed E-state index contributed by atoms with van der Waals surface area (Å²) in [4.78, 5) is 14.5. The first-order valence-electron chi connectivity index (χ1n) is 9.49. The molecular formula is C24H14ClN3OS2. The van der Waals surface area contributed by atoms with Gasteiger partial charge in [0.1, 0.15) is 5.65 Å². The number of hydrogen-bond donors (Lipinski definition) is 0. The monoisotopic (exact) mass is 459 g/mol. The van der Waals surface area contributed by atoms with Crippen molar-refractivity contribution in [2.45, 2.75) is 6.54 Å². The van der Waals surface area contributed by atoms with Gasteiger partial charge in [-0.3, -0.25) is 13.8 Å². The van der Waals surface area contributed by atoms with Crippen molar-refractivity contribution in [3.63, 3.8) is 0 Å². The van der Waals surface area contributed by atoms with Crippen molar-refractivity contribution in [2.24, 2.45) is 0 Å². The summed E-state index contributed by atoms with van der Waals surface area (Å²) in [6, 6.07) is 24.5. The van der Waals surface area contributed by atoms with Gasteiger partial charge in [0, 0.05) is 5.02 Å². The summed E-state index contributed by atoms with van der Waals surface area (Å²) in [6.07, 6.45) is 0. The lowest BCUT2D eigenvalue weighted by Gasteiger charge is -2.14. The zero-order valence-electron chi connectivity index (χ0n) is 16.1. The minimum absolute atomic E-state index is 0.126. The van der Waals surface area contributed by atoms with Crippen molar-refractivity contribution >= 4 is 51.7 Å². The van der Waals surface area contributed by atoms with E-state index in [-0.39, 0.29) is 12.1 Å². The van der Waals surface area contributed by atoms with Crippen LogP contribution in [0.4, 0.5) is 0 Å². The van der Waals surface area contributed by atoms with Crippen LogP contribution in [-0.2, 0) is 6.54 Å². The normalized spacial score (nSPS) is 11.1. The van der Waals surface area contributed by atoms with Gasteiger partial charge in [0.25, 0.3) is 5.56 Å². The van der Waals surface area contributed by atoms with Gasteiger partial charge in [-0.15, -0.1) is 11.3 Å². The highest BCUT2D eigenvalue weighted by Gasteiger charge is 2.19. The Labute approximate surface area is 191 Å². The average Bonchev–Trinajstić information content (AvgIpc) is 3.14. The summed E-state index contributed by atoms with van der Waals surface area (Å²) in [6.45, 7) is 0.260. The van der Waals surface area contributed by atoms with Gasteiger partial charge in [0.05, 0.1) is 34.0 Å². The van der Waals surface area contributed by atoms with Crippen molar-refractivity contribution < 1.29 is 0 Å². The Bertz CT molecular complexity index is 1640. The third-order valence-electron chi connectivity index (χ3n) is 5.22. The molecule has 0 saturated carbocycles. The van der Waals surface area contributed by atoms with Crippen LogP contribution in [0.2, 0.25) is 5.02 Å². The predicted octanol–water partition coefficient (Wildman–Crippen LogP) is 6.29. The smallest absolute Gasteiger partial charge is 0.261 e. The highest BCUT2D eigenvalue weighted by molar-refractivity contribution is 7.73. The number of rotatable bonds is 3. The van der Waals surface area contributed by atoms with Crippen LogP contribution in [0.1, 0.15) is 11.1 Å².